The molecule has 3 N–H and O–H groups in total. The molecule has 318 valence electrons. The summed E-state index contributed by atoms with van der Waals surface area (Å²) in [5.41, 5.74) is 2.12. The number of amides is 2. The standard InChI is InChI=1S/C44H47ClFN9O6/c1-52-20-17-44(60,18-21-52)27-54-28-49-38-39(43(54)59)51-53(2)40(38)31-11-9-29(10-12-31)26-48-37(56)8-3-4-22-61-23-19-47-41(57)35-25-36(30-13-15-32(45)16-14-30)50-55(42(35)58)34-7-5-6-33(46)24-34/h5-7,9-16,24-25,28,60H,3-4,8,17-23,26-27H2,1-2H3,(H,47,57)(H,48,56). The van der Waals surface area contributed by atoms with Crippen LogP contribution >= 0.6 is 11.6 Å². The summed E-state index contributed by atoms with van der Waals surface area (Å²) >= 11 is 6.04. The van der Waals surface area contributed by atoms with Gasteiger partial charge in [0.15, 0.2) is 5.52 Å². The van der Waals surface area contributed by atoms with Crippen LogP contribution < -0.4 is 21.8 Å². The number of nitrogens with zero attached hydrogens (tertiary/aromatic N) is 7. The summed E-state index contributed by atoms with van der Waals surface area (Å²) < 4.78 is 23.8. The second-order valence-electron chi connectivity index (χ2n) is 15.3. The van der Waals surface area contributed by atoms with Crippen LogP contribution in [0.5, 0.6) is 0 Å². The van der Waals surface area contributed by atoms with E-state index in [1.54, 1.807) is 36.0 Å². The third-order valence-corrected chi connectivity index (χ3v) is 11.0. The molecule has 0 unspecified atom stereocenters. The summed E-state index contributed by atoms with van der Waals surface area (Å²) in [5, 5.41) is 26.1. The summed E-state index contributed by atoms with van der Waals surface area (Å²) in [6.07, 6.45) is 4.18. The van der Waals surface area contributed by atoms with E-state index in [2.05, 4.69) is 30.7 Å². The fraction of sp³-hybridized carbons (Fsp3) is 0.341. The minimum atomic E-state index is -0.966. The fourth-order valence-corrected chi connectivity index (χ4v) is 7.36. The number of halogens is 2. The minimum Gasteiger partial charge on any atom is -0.388 e. The maximum Gasteiger partial charge on any atom is 0.284 e. The Balaban J connectivity index is 0.841. The van der Waals surface area contributed by atoms with Gasteiger partial charge < -0.3 is 25.4 Å². The van der Waals surface area contributed by atoms with Crippen molar-refractivity contribution < 1.29 is 23.8 Å². The average molecular weight is 852 g/mol. The molecule has 15 nitrogen and oxygen atoms in total. The Morgan fingerprint density at radius 2 is 1.62 bits per heavy atom. The third kappa shape index (κ3) is 10.5. The fourth-order valence-electron chi connectivity index (χ4n) is 7.24. The molecule has 1 aliphatic heterocycles. The maximum absolute atomic E-state index is 14.0. The highest BCUT2D eigenvalue weighted by Crippen LogP contribution is 2.27. The summed E-state index contributed by atoms with van der Waals surface area (Å²) in [4.78, 5) is 59.2. The Labute approximate surface area is 355 Å². The van der Waals surface area contributed by atoms with Gasteiger partial charge in [0.25, 0.3) is 17.0 Å². The lowest BCUT2D eigenvalue weighted by Crippen LogP contribution is -2.47. The number of unbranched alkanes of at least 4 members (excludes halogenated alkanes) is 1. The van der Waals surface area contributed by atoms with E-state index in [0.29, 0.717) is 72.7 Å². The van der Waals surface area contributed by atoms with Crippen LogP contribution in [0, 0.1) is 5.82 Å². The number of benzene rings is 3. The van der Waals surface area contributed by atoms with E-state index in [4.69, 9.17) is 16.3 Å². The Hall–Kier alpha value is -6.07. The third-order valence-electron chi connectivity index (χ3n) is 10.7. The molecule has 17 heteroatoms. The molecule has 0 radical (unpaired) electrons. The molecule has 6 aromatic rings. The lowest BCUT2D eigenvalue weighted by atomic mass is 9.91. The first-order valence-corrected chi connectivity index (χ1v) is 20.5. The summed E-state index contributed by atoms with van der Waals surface area (Å²) in [7, 11) is 3.78. The van der Waals surface area contributed by atoms with Gasteiger partial charge in [0.1, 0.15) is 16.9 Å². The summed E-state index contributed by atoms with van der Waals surface area (Å²) in [6.45, 7) is 2.72. The van der Waals surface area contributed by atoms with Crippen LogP contribution in [0.25, 0.3) is 39.2 Å². The van der Waals surface area contributed by atoms with Crippen molar-refractivity contribution in [2.45, 2.75) is 50.8 Å². The molecule has 0 bridgehead atoms. The molecular formula is C44H47ClFN9O6. The maximum atomic E-state index is 14.0. The summed E-state index contributed by atoms with van der Waals surface area (Å²) in [5.74, 6) is -1.28. The molecular weight excluding hydrogens is 805 g/mol. The molecule has 61 heavy (non-hydrogen) atoms. The number of fused-ring (bicyclic) bond motifs is 1. The quantitative estimate of drug-likeness (QED) is 0.118. The Morgan fingerprint density at radius 3 is 2.36 bits per heavy atom. The van der Waals surface area contributed by atoms with Crippen molar-refractivity contribution in [2.75, 3.05) is 39.9 Å². The SMILES string of the molecule is CN1CCC(O)(Cn2cnc3c(-c4ccc(CNC(=O)CCCCOCCNC(=O)c5cc(-c6ccc(Cl)cc6)nn(-c6cccc(F)c6)c5=O)cc4)n(C)nc3c2=O)CC1. The molecule has 0 aliphatic carbocycles. The number of ether oxygens (including phenoxy) is 1. The number of likely N-dealkylation sites (tertiary alicyclic amines) is 1. The molecule has 4 heterocycles. The molecule has 0 atom stereocenters. The van der Waals surface area contributed by atoms with E-state index in [1.165, 1.54) is 35.2 Å². The number of rotatable bonds is 16. The summed E-state index contributed by atoms with van der Waals surface area (Å²) in [6, 6.07) is 21.2. The van der Waals surface area contributed by atoms with Gasteiger partial charge in [0.05, 0.1) is 42.2 Å². The van der Waals surface area contributed by atoms with E-state index in [9.17, 15) is 28.7 Å². The van der Waals surface area contributed by atoms with Crippen molar-refractivity contribution in [1.29, 1.82) is 0 Å². The number of hydrogen-bond donors (Lipinski definition) is 3. The zero-order valence-corrected chi connectivity index (χ0v) is 34.7. The van der Waals surface area contributed by atoms with Crippen LogP contribution in [0.15, 0.2) is 94.8 Å². The first kappa shape index (κ1) is 43.0. The molecule has 1 saturated heterocycles. The van der Waals surface area contributed by atoms with Crippen LogP contribution in [0.3, 0.4) is 0 Å². The van der Waals surface area contributed by atoms with Crippen molar-refractivity contribution in [3.63, 3.8) is 0 Å². The largest absolute Gasteiger partial charge is 0.388 e. The van der Waals surface area contributed by atoms with Gasteiger partial charge >= 0.3 is 0 Å². The van der Waals surface area contributed by atoms with Crippen molar-refractivity contribution in [2.24, 2.45) is 7.05 Å². The number of aromatic nitrogens is 6. The van der Waals surface area contributed by atoms with Crippen molar-refractivity contribution in [3.8, 4) is 28.2 Å². The lowest BCUT2D eigenvalue weighted by Gasteiger charge is -2.36. The molecule has 3 aromatic carbocycles. The Bertz CT molecular complexity index is 2640. The van der Waals surface area contributed by atoms with E-state index < -0.39 is 22.9 Å². The van der Waals surface area contributed by atoms with E-state index in [-0.39, 0.29) is 47.9 Å². The number of carbonyl (C=O) groups excluding carboxylic acids is 2. The van der Waals surface area contributed by atoms with Gasteiger partial charge in [0.2, 0.25) is 5.91 Å². The second kappa shape index (κ2) is 19.1. The van der Waals surface area contributed by atoms with Crippen molar-refractivity contribution in [1.82, 2.24) is 44.6 Å². The monoisotopic (exact) mass is 851 g/mol. The molecule has 1 fully saturated rings. The molecule has 2 amide bonds. The Kier molecular flexibility index (Phi) is 13.5. The second-order valence-corrected chi connectivity index (χ2v) is 15.8. The van der Waals surface area contributed by atoms with E-state index in [1.807, 2.05) is 31.3 Å². The minimum absolute atomic E-state index is 0.0985. The first-order valence-electron chi connectivity index (χ1n) is 20.1. The van der Waals surface area contributed by atoms with Gasteiger partial charge in [0, 0.05) is 62.4 Å². The number of nitrogens with one attached hydrogen (secondary N) is 2. The van der Waals surface area contributed by atoms with Gasteiger partial charge in [-0.3, -0.25) is 28.4 Å². The average Bonchev–Trinajstić information content (AvgIpc) is 3.60. The lowest BCUT2D eigenvalue weighted by molar-refractivity contribution is -0.121. The number of aliphatic hydroxyl groups is 1. The predicted molar refractivity (Wildman–Crippen MR) is 229 cm³/mol. The number of hydrogen-bond acceptors (Lipinski definition) is 10. The molecule has 0 saturated carbocycles. The van der Waals surface area contributed by atoms with Crippen LogP contribution in [-0.4, -0.2) is 96.4 Å². The van der Waals surface area contributed by atoms with Crippen molar-refractivity contribution in [3.05, 3.63) is 128 Å². The predicted octanol–water partition coefficient (Wildman–Crippen LogP) is 4.49. The highest BCUT2D eigenvalue weighted by molar-refractivity contribution is 6.30. The zero-order valence-electron chi connectivity index (χ0n) is 33.9. The van der Waals surface area contributed by atoms with E-state index in [0.717, 1.165) is 35.0 Å². The van der Waals surface area contributed by atoms with Crippen LogP contribution in [0.1, 0.15) is 48.0 Å². The zero-order chi connectivity index (χ0) is 43.1. The number of carbonyl (C=O) groups is 2. The smallest absolute Gasteiger partial charge is 0.284 e. The van der Waals surface area contributed by atoms with Crippen LogP contribution in [0.4, 0.5) is 4.39 Å². The Morgan fingerprint density at radius 1 is 0.885 bits per heavy atom. The highest BCUT2D eigenvalue weighted by Gasteiger charge is 2.32. The van der Waals surface area contributed by atoms with Crippen LogP contribution in [0.2, 0.25) is 5.02 Å². The van der Waals surface area contributed by atoms with E-state index >= 15 is 0 Å². The topological polar surface area (TPSA) is 178 Å². The van der Waals surface area contributed by atoms with Crippen LogP contribution in [-0.2, 0) is 29.7 Å². The number of aryl methyl sites for hydroxylation is 1. The molecule has 3 aromatic heterocycles. The first-order chi connectivity index (χ1) is 29.4. The van der Waals surface area contributed by atoms with Crippen molar-refractivity contribution >= 4 is 34.4 Å². The molecule has 1 aliphatic rings. The van der Waals surface area contributed by atoms with Gasteiger partial charge in [-0.1, -0.05) is 54.1 Å². The number of piperidine rings is 1. The van der Waals surface area contributed by atoms with Gasteiger partial charge in [-0.2, -0.15) is 14.9 Å². The normalized spacial score (nSPS) is 14.0. The molecule has 7 rings (SSSR count). The highest BCUT2D eigenvalue weighted by atomic mass is 35.5. The molecule has 0 spiro atoms. The van der Waals surface area contributed by atoms with Gasteiger partial charge in [-0.25, -0.2) is 9.37 Å². The van der Waals surface area contributed by atoms with Gasteiger partial charge in [-0.05, 0) is 74.7 Å². The van der Waals surface area contributed by atoms with Gasteiger partial charge in [-0.15, -0.1) is 0 Å².